The van der Waals surface area contributed by atoms with Crippen molar-refractivity contribution in [1.82, 2.24) is 29.9 Å². The van der Waals surface area contributed by atoms with Crippen LogP contribution in [0.25, 0.3) is 22.8 Å². The molecular weight excluding hydrogens is 406 g/mol. The van der Waals surface area contributed by atoms with E-state index < -0.39 is 0 Å². The number of ether oxygens (including phenoxy) is 1. The molecule has 0 N–H and O–H groups in total. The molecule has 3 aromatic heterocycles. The summed E-state index contributed by atoms with van der Waals surface area (Å²) >= 11 is 6.09. The van der Waals surface area contributed by atoms with E-state index in [4.69, 9.17) is 20.9 Å². The lowest BCUT2D eigenvalue weighted by Crippen LogP contribution is -2.41. The average Bonchev–Trinajstić information content (AvgIpc) is 3.42. The van der Waals surface area contributed by atoms with Crippen LogP contribution >= 0.6 is 11.6 Å². The number of hydrogen-bond acceptors (Lipinski definition) is 8. The van der Waals surface area contributed by atoms with E-state index in [1.165, 1.54) is 0 Å². The number of hydrogen-bond donors (Lipinski definition) is 0. The second-order valence-corrected chi connectivity index (χ2v) is 7.31. The Morgan fingerprint density at radius 2 is 1.97 bits per heavy atom. The zero-order valence-corrected chi connectivity index (χ0v) is 16.9. The molecule has 5 rings (SSSR count). The maximum absolute atomic E-state index is 6.09. The van der Waals surface area contributed by atoms with Crippen LogP contribution in [-0.2, 0) is 11.8 Å². The zero-order valence-electron chi connectivity index (χ0n) is 16.1. The van der Waals surface area contributed by atoms with Crippen LogP contribution in [0.5, 0.6) is 0 Å². The van der Waals surface area contributed by atoms with Gasteiger partial charge < -0.3 is 14.2 Å². The summed E-state index contributed by atoms with van der Waals surface area (Å²) in [6, 6.07) is 10.9. The van der Waals surface area contributed by atoms with Crippen molar-refractivity contribution in [2.24, 2.45) is 7.05 Å². The first kappa shape index (κ1) is 18.7. The van der Waals surface area contributed by atoms with E-state index in [9.17, 15) is 0 Å². The lowest BCUT2D eigenvalue weighted by molar-refractivity contribution is 0.0826. The van der Waals surface area contributed by atoms with E-state index in [2.05, 4.69) is 30.2 Å². The fourth-order valence-corrected chi connectivity index (χ4v) is 3.68. The highest BCUT2D eigenvalue weighted by atomic mass is 35.5. The predicted octanol–water partition coefficient (Wildman–Crippen LogP) is 3.16. The van der Waals surface area contributed by atoms with Crippen LogP contribution in [0.2, 0.25) is 5.02 Å². The van der Waals surface area contributed by atoms with Crippen molar-refractivity contribution in [2.45, 2.75) is 6.04 Å². The molecule has 9 nitrogen and oxygen atoms in total. The first-order valence-corrected chi connectivity index (χ1v) is 9.82. The number of rotatable bonds is 4. The molecule has 30 heavy (non-hydrogen) atoms. The van der Waals surface area contributed by atoms with E-state index in [0.717, 1.165) is 17.0 Å². The second kappa shape index (κ2) is 7.85. The SMILES string of the molecule is Cn1c(-c2ccncc2)nnc1N1CCOCC1c1nc(-c2cccc(Cl)c2)no1. The van der Waals surface area contributed by atoms with Crippen molar-refractivity contribution in [2.75, 3.05) is 24.7 Å². The minimum absolute atomic E-state index is 0.271. The molecule has 0 spiro atoms. The highest BCUT2D eigenvalue weighted by Crippen LogP contribution is 2.31. The minimum atomic E-state index is -0.271. The number of nitrogens with zero attached hydrogens (tertiary/aromatic N) is 7. The summed E-state index contributed by atoms with van der Waals surface area (Å²) in [7, 11) is 1.93. The van der Waals surface area contributed by atoms with Gasteiger partial charge in [0.15, 0.2) is 5.82 Å². The quantitative estimate of drug-likeness (QED) is 0.494. The van der Waals surface area contributed by atoms with Gasteiger partial charge in [-0.15, -0.1) is 10.2 Å². The van der Waals surface area contributed by atoms with Crippen LogP contribution in [0.3, 0.4) is 0 Å². The van der Waals surface area contributed by atoms with Crippen LogP contribution in [0.4, 0.5) is 5.95 Å². The molecule has 1 aliphatic rings. The number of benzene rings is 1. The third-order valence-electron chi connectivity index (χ3n) is 4.99. The lowest BCUT2D eigenvalue weighted by Gasteiger charge is -2.33. The fourth-order valence-electron chi connectivity index (χ4n) is 3.49. The first-order chi connectivity index (χ1) is 14.7. The van der Waals surface area contributed by atoms with Gasteiger partial charge in [-0.1, -0.05) is 28.9 Å². The molecule has 0 radical (unpaired) electrons. The van der Waals surface area contributed by atoms with Gasteiger partial charge >= 0.3 is 0 Å². The Kier molecular flexibility index (Phi) is 4.89. The standard InChI is InChI=1S/C20H18ClN7O2/c1-27-18(13-5-7-22-8-6-13)24-25-20(27)28-9-10-29-12-16(28)19-23-17(26-30-19)14-3-2-4-15(21)11-14/h2-8,11,16H,9-10,12H2,1H3. The Hall–Kier alpha value is -3.30. The molecule has 10 heteroatoms. The Bertz CT molecular complexity index is 1160. The van der Waals surface area contributed by atoms with Crippen LogP contribution in [0.1, 0.15) is 11.9 Å². The third kappa shape index (κ3) is 3.42. The molecule has 0 saturated carbocycles. The van der Waals surface area contributed by atoms with Gasteiger partial charge in [0, 0.05) is 42.1 Å². The van der Waals surface area contributed by atoms with Gasteiger partial charge in [-0.05, 0) is 24.3 Å². The lowest BCUT2D eigenvalue weighted by atomic mass is 10.2. The third-order valence-corrected chi connectivity index (χ3v) is 5.22. The number of morpholine rings is 1. The van der Waals surface area contributed by atoms with Gasteiger partial charge in [-0.25, -0.2) is 0 Å². The Morgan fingerprint density at radius 1 is 1.10 bits per heavy atom. The number of anilines is 1. The second-order valence-electron chi connectivity index (χ2n) is 6.87. The van der Waals surface area contributed by atoms with Crippen LogP contribution in [-0.4, -0.2) is 49.6 Å². The van der Waals surface area contributed by atoms with Gasteiger partial charge in [0.2, 0.25) is 11.8 Å². The van der Waals surface area contributed by atoms with E-state index in [1.54, 1.807) is 24.5 Å². The van der Waals surface area contributed by atoms with Crippen molar-refractivity contribution < 1.29 is 9.26 Å². The molecule has 1 fully saturated rings. The van der Waals surface area contributed by atoms with Crippen LogP contribution < -0.4 is 4.90 Å². The molecule has 4 heterocycles. The summed E-state index contributed by atoms with van der Waals surface area (Å²) in [6.07, 6.45) is 3.47. The summed E-state index contributed by atoms with van der Waals surface area (Å²) < 4.78 is 13.2. The van der Waals surface area contributed by atoms with Gasteiger partial charge in [0.05, 0.1) is 13.2 Å². The largest absolute Gasteiger partial charge is 0.377 e. The molecule has 152 valence electrons. The monoisotopic (exact) mass is 423 g/mol. The van der Waals surface area contributed by atoms with Gasteiger partial charge in [0.1, 0.15) is 6.04 Å². The Balaban J connectivity index is 1.47. The maximum Gasteiger partial charge on any atom is 0.252 e. The van der Waals surface area contributed by atoms with Crippen molar-refractivity contribution in [1.29, 1.82) is 0 Å². The van der Waals surface area contributed by atoms with Gasteiger partial charge in [-0.3, -0.25) is 9.55 Å². The fraction of sp³-hybridized carbons (Fsp3) is 0.250. The van der Waals surface area contributed by atoms with Crippen molar-refractivity contribution in [3.8, 4) is 22.8 Å². The molecule has 1 aliphatic heterocycles. The highest BCUT2D eigenvalue weighted by molar-refractivity contribution is 6.30. The van der Waals surface area contributed by atoms with E-state index in [1.807, 2.05) is 35.9 Å². The van der Waals surface area contributed by atoms with E-state index in [-0.39, 0.29) is 6.04 Å². The van der Waals surface area contributed by atoms with E-state index in [0.29, 0.717) is 42.4 Å². The first-order valence-electron chi connectivity index (χ1n) is 9.44. The molecule has 1 saturated heterocycles. The van der Waals surface area contributed by atoms with Gasteiger partial charge in [0.25, 0.3) is 5.89 Å². The molecular formula is C20H18ClN7O2. The summed E-state index contributed by atoms with van der Waals surface area (Å²) in [5.41, 5.74) is 1.73. The zero-order chi connectivity index (χ0) is 20.5. The molecule has 1 unspecified atom stereocenters. The van der Waals surface area contributed by atoms with Crippen molar-refractivity contribution in [3.05, 3.63) is 59.7 Å². The topological polar surface area (TPSA) is 95.0 Å². The molecule has 0 amide bonds. The van der Waals surface area contributed by atoms with Crippen molar-refractivity contribution >= 4 is 17.5 Å². The van der Waals surface area contributed by atoms with E-state index >= 15 is 0 Å². The van der Waals surface area contributed by atoms with Gasteiger partial charge in [-0.2, -0.15) is 4.98 Å². The smallest absolute Gasteiger partial charge is 0.252 e. The minimum Gasteiger partial charge on any atom is -0.377 e. The summed E-state index contributed by atoms with van der Waals surface area (Å²) in [4.78, 5) is 10.7. The Labute approximate surface area is 177 Å². The summed E-state index contributed by atoms with van der Waals surface area (Å²) in [5.74, 6) is 2.40. The highest BCUT2D eigenvalue weighted by Gasteiger charge is 2.33. The molecule has 1 aromatic carbocycles. The van der Waals surface area contributed by atoms with Crippen molar-refractivity contribution in [3.63, 3.8) is 0 Å². The molecule has 0 bridgehead atoms. The maximum atomic E-state index is 6.09. The Morgan fingerprint density at radius 3 is 2.80 bits per heavy atom. The molecule has 1 atom stereocenters. The number of pyridine rings is 1. The molecule has 0 aliphatic carbocycles. The average molecular weight is 424 g/mol. The predicted molar refractivity (Wildman–Crippen MR) is 110 cm³/mol. The summed E-state index contributed by atoms with van der Waals surface area (Å²) in [5, 5.41) is 13.5. The van der Waals surface area contributed by atoms with Crippen LogP contribution in [0.15, 0.2) is 53.3 Å². The number of aromatic nitrogens is 6. The number of halogens is 1. The molecule has 4 aromatic rings. The summed E-state index contributed by atoms with van der Waals surface area (Å²) in [6.45, 7) is 1.61. The normalized spacial score (nSPS) is 16.7. The van der Waals surface area contributed by atoms with Crippen LogP contribution in [0, 0.1) is 0 Å².